The fourth-order valence-electron chi connectivity index (χ4n) is 0. The molecule has 2 N–H and O–H groups in total. The molecule has 0 saturated carbocycles. The van der Waals surface area contributed by atoms with Gasteiger partial charge in [-0.3, -0.25) is 0 Å². The summed E-state index contributed by atoms with van der Waals surface area (Å²) in [6.45, 7) is 5.72. The quantitative estimate of drug-likeness (QED) is 0.305. The molecule has 0 aromatic carbocycles. The summed E-state index contributed by atoms with van der Waals surface area (Å²) in [4.78, 5) is 0. The Bertz CT molecular complexity index is 52.9. The number of hydrogen-bond acceptors (Lipinski definition) is 2. The molecule has 0 aromatic rings. The van der Waals surface area contributed by atoms with Crippen molar-refractivity contribution in [3.63, 3.8) is 0 Å². The third-order valence-corrected chi connectivity index (χ3v) is 0.354. The van der Waals surface area contributed by atoms with Gasteiger partial charge in [0.05, 0.1) is 0 Å². The second-order valence-corrected chi connectivity index (χ2v) is 2.31. The molecule has 0 heterocycles. The van der Waals surface area contributed by atoms with Crippen LogP contribution in [0.2, 0.25) is 0 Å². The van der Waals surface area contributed by atoms with Crippen molar-refractivity contribution >= 4 is 29.2 Å². The maximum atomic E-state index is 4.66. The first kappa shape index (κ1) is 16.3. The van der Waals surface area contributed by atoms with Crippen LogP contribution in [0.3, 0.4) is 0 Å². The predicted octanol–water partition coefficient (Wildman–Crippen LogP) is 1.39. The molecule has 0 spiro atoms. The molecule has 0 aromatic heterocycles. The molecule has 0 aliphatic heterocycles. The van der Waals surface area contributed by atoms with Crippen molar-refractivity contribution in [3.05, 3.63) is 6.92 Å². The van der Waals surface area contributed by atoms with Crippen molar-refractivity contribution in [1.29, 1.82) is 0 Å². The van der Waals surface area contributed by atoms with E-state index in [2.05, 4.69) is 44.4 Å². The van der Waals surface area contributed by atoms with Gasteiger partial charge in [0.15, 0.2) is 0 Å². The van der Waals surface area contributed by atoms with Gasteiger partial charge in [0.25, 0.3) is 0 Å². The van der Waals surface area contributed by atoms with E-state index >= 15 is 0 Å². The van der Waals surface area contributed by atoms with Crippen molar-refractivity contribution < 1.29 is 16.5 Å². The third-order valence-electron chi connectivity index (χ3n) is 0.354. The van der Waals surface area contributed by atoms with E-state index in [0.29, 0.717) is 0 Å². The molecule has 9 heavy (non-hydrogen) atoms. The van der Waals surface area contributed by atoms with E-state index in [4.69, 9.17) is 0 Å². The fraction of sp³-hybridized carbons (Fsp3) is 0.600. The van der Waals surface area contributed by atoms with Crippen molar-refractivity contribution in [3.8, 4) is 0 Å². The fourth-order valence-corrected chi connectivity index (χ4v) is 0. The first-order valence-corrected chi connectivity index (χ1v) is 3.22. The molecular formula is C5H11NNiS2. The average Bonchev–Trinajstić information content (AvgIpc) is 1.65. The number of nitrogens with two attached hydrogens (primary N) is 1. The minimum atomic E-state index is 0. The van der Waals surface area contributed by atoms with Crippen LogP contribution in [0, 0.1) is 6.92 Å². The summed E-state index contributed by atoms with van der Waals surface area (Å²) < 4.78 is 0.0833. The molecule has 0 saturated heterocycles. The first-order valence-electron chi connectivity index (χ1n) is 2.40. The molecule has 0 aliphatic rings. The molecule has 1 nitrogen and oxygen atoms in total. The molecule has 0 radical (unpaired) electrons. The van der Waals surface area contributed by atoms with Crippen LogP contribution in [0.25, 0.3) is 0 Å². The summed E-state index contributed by atoms with van der Waals surface area (Å²) >= 11 is 8.26. The van der Waals surface area contributed by atoms with Crippen LogP contribution >= 0.6 is 12.2 Å². The average molecular weight is 208 g/mol. The smallest absolute Gasteiger partial charge is 0.415 e. The van der Waals surface area contributed by atoms with Gasteiger partial charge in [-0.2, -0.15) is 6.42 Å². The molecule has 0 unspecified atom stereocenters. The Labute approximate surface area is 78.1 Å². The second kappa shape index (κ2) is 15.8. The van der Waals surface area contributed by atoms with Gasteiger partial charge < -0.3 is 37.5 Å². The number of rotatable bonds is 1. The molecule has 0 atom stereocenters. The Kier molecular flexibility index (Phi) is 28.7. The van der Waals surface area contributed by atoms with Gasteiger partial charge in [-0.25, -0.2) is 0 Å². The zero-order valence-corrected chi connectivity index (χ0v) is 7.95. The number of unbranched alkanes of at least 4 members (excludes halogenated alkanes) is 1. The van der Waals surface area contributed by atoms with E-state index < -0.39 is 0 Å². The Balaban J connectivity index is -0.0000000720. The maximum absolute atomic E-state index is 4.66. The molecule has 0 rings (SSSR count). The van der Waals surface area contributed by atoms with E-state index in [-0.39, 0.29) is 20.8 Å². The molecule has 58 valence electrons. The molecule has 4 heteroatoms. The summed E-state index contributed by atoms with van der Waals surface area (Å²) in [5.74, 6) is 0. The van der Waals surface area contributed by atoms with Crippen LogP contribution < -0.4 is 5.73 Å². The van der Waals surface area contributed by atoms with Gasteiger partial charge in [-0.1, -0.05) is 17.7 Å². The van der Waals surface area contributed by atoms with Gasteiger partial charge in [-0.15, -0.1) is 0 Å². The molecule has 0 bridgehead atoms. The van der Waals surface area contributed by atoms with Crippen LogP contribution in [0.5, 0.6) is 0 Å². The van der Waals surface area contributed by atoms with Gasteiger partial charge in [0.1, 0.15) is 0 Å². The summed E-state index contributed by atoms with van der Waals surface area (Å²) in [6.07, 6.45) is 2.28. The van der Waals surface area contributed by atoms with Gasteiger partial charge >= 0.3 is 16.5 Å². The molecule has 0 fully saturated rings. The third kappa shape index (κ3) is 146. The van der Waals surface area contributed by atoms with Crippen molar-refractivity contribution in [2.45, 2.75) is 19.8 Å². The van der Waals surface area contributed by atoms with Crippen molar-refractivity contribution in [1.82, 2.24) is 0 Å². The van der Waals surface area contributed by atoms with Gasteiger partial charge in [-0.05, 0) is 0 Å². The van der Waals surface area contributed by atoms with E-state index in [1.165, 1.54) is 6.42 Å². The summed E-state index contributed by atoms with van der Waals surface area (Å²) in [6, 6.07) is 0. The van der Waals surface area contributed by atoms with Gasteiger partial charge in [0, 0.05) is 0 Å². The maximum Gasteiger partial charge on any atom is 2.00 e. The Morgan fingerprint density at radius 1 is 1.78 bits per heavy atom. The van der Waals surface area contributed by atoms with Crippen molar-refractivity contribution in [2.24, 2.45) is 5.73 Å². The minimum Gasteiger partial charge on any atom is -0.415 e. The Morgan fingerprint density at radius 3 is 1.89 bits per heavy atom. The molecule has 0 aliphatic carbocycles. The normalized spacial score (nSPS) is 6.00. The van der Waals surface area contributed by atoms with E-state index in [1.54, 1.807) is 0 Å². The van der Waals surface area contributed by atoms with Crippen molar-refractivity contribution in [2.75, 3.05) is 0 Å². The summed E-state index contributed by atoms with van der Waals surface area (Å²) in [7, 11) is 0. The Morgan fingerprint density at radius 2 is 1.89 bits per heavy atom. The number of thiocarbonyl (C=S) groups is 1. The molecular weight excluding hydrogens is 197 g/mol. The van der Waals surface area contributed by atoms with Crippen LogP contribution in [0.4, 0.5) is 0 Å². The second-order valence-electron chi connectivity index (χ2n) is 1.17. The minimum absolute atomic E-state index is 0. The summed E-state index contributed by atoms with van der Waals surface area (Å²) in [5.41, 5.74) is 4.66. The van der Waals surface area contributed by atoms with Crippen LogP contribution in [0.1, 0.15) is 19.8 Å². The topological polar surface area (TPSA) is 26.0 Å². The first-order chi connectivity index (χ1) is 3.65. The van der Waals surface area contributed by atoms with E-state index in [9.17, 15) is 0 Å². The zero-order valence-electron chi connectivity index (χ0n) is 5.33. The van der Waals surface area contributed by atoms with Crippen LogP contribution in [0.15, 0.2) is 0 Å². The van der Waals surface area contributed by atoms with Crippen LogP contribution in [-0.2, 0) is 29.1 Å². The Hall–Kier alpha value is 0.604. The predicted molar refractivity (Wildman–Crippen MR) is 44.4 cm³/mol. The zero-order chi connectivity index (χ0) is 6.99. The van der Waals surface area contributed by atoms with E-state index in [1.807, 2.05) is 0 Å². The summed E-state index contributed by atoms with van der Waals surface area (Å²) in [5, 5.41) is 0. The SMILES string of the molecule is NC(=S)[S-].[CH2-]CCC.[Ni+2]. The largest absolute Gasteiger partial charge is 2.00 e. The number of hydrogen-bond donors (Lipinski definition) is 1. The molecule has 0 amide bonds. The standard InChI is InChI=1S/C4H9.CH3NS2.Ni/c1-3-4-2;2-1(3)4;/h1,3-4H2,2H3;(H3,2,3,4);/q-1;;+2/p-1. The monoisotopic (exact) mass is 207 g/mol. The van der Waals surface area contributed by atoms with Gasteiger partial charge in [0.2, 0.25) is 0 Å². The van der Waals surface area contributed by atoms with Crippen LogP contribution in [-0.4, -0.2) is 4.32 Å². The van der Waals surface area contributed by atoms with E-state index in [0.717, 1.165) is 6.42 Å².